The molecule has 0 amide bonds. The Bertz CT molecular complexity index is 580. The second kappa shape index (κ2) is 3.90. The highest BCUT2D eigenvalue weighted by atomic mass is 19.4. The first-order valence-corrected chi connectivity index (χ1v) is 4.51. The third-order valence-corrected chi connectivity index (χ3v) is 2.00. The summed E-state index contributed by atoms with van der Waals surface area (Å²) in [5, 5.41) is 12.1. The number of nitriles is 1. The molecule has 0 N–H and O–H groups in total. The molecule has 0 bridgehead atoms. The Kier molecular flexibility index (Phi) is 2.55. The Morgan fingerprint density at radius 3 is 2.65 bits per heavy atom. The van der Waals surface area contributed by atoms with Crippen LogP contribution in [0, 0.1) is 11.3 Å². The Hall–Kier alpha value is -2.36. The molecule has 86 valence electrons. The van der Waals surface area contributed by atoms with Crippen molar-refractivity contribution in [2.45, 2.75) is 6.18 Å². The molecule has 0 aliphatic rings. The third kappa shape index (κ3) is 2.10. The Morgan fingerprint density at radius 2 is 2.06 bits per heavy atom. The van der Waals surface area contributed by atoms with Crippen LogP contribution in [0.15, 0.2) is 30.6 Å². The minimum Gasteiger partial charge on any atom is -0.236 e. The van der Waals surface area contributed by atoms with Crippen molar-refractivity contribution in [2.75, 3.05) is 0 Å². The largest absolute Gasteiger partial charge is 0.435 e. The van der Waals surface area contributed by atoms with Crippen molar-refractivity contribution in [2.24, 2.45) is 0 Å². The summed E-state index contributed by atoms with van der Waals surface area (Å²) >= 11 is 0. The number of aromatic nitrogens is 3. The van der Waals surface area contributed by atoms with Gasteiger partial charge in [0, 0.05) is 12.4 Å². The van der Waals surface area contributed by atoms with E-state index in [-0.39, 0.29) is 11.4 Å². The Labute approximate surface area is 93.9 Å². The summed E-state index contributed by atoms with van der Waals surface area (Å²) in [6.45, 7) is 0. The summed E-state index contributed by atoms with van der Waals surface area (Å²) in [5.74, 6) is 0.0745. The molecule has 0 aliphatic heterocycles. The summed E-state index contributed by atoms with van der Waals surface area (Å²) in [6.07, 6.45) is -2.01. The highest BCUT2D eigenvalue weighted by Crippen LogP contribution is 2.27. The monoisotopic (exact) mass is 238 g/mol. The lowest BCUT2D eigenvalue weighted by Gasteiger charge is -2.03. The molecule has 0 radical (unpaired) electrons. The van der Waals surface area contributed by atoms with E-state index >= 15 is 0 Å². The highest BCUT2D eigenvalue weighted by Gasteiger charge is 2.33. The molecular formula is C10H5F3N4. The Morgan fingerprint density at radius 1 is 1.29 bits per heavy atom. The zero-order valence-electron chi connectivity index (χ0n) is 8.31. The second-order valence-electron chi connectivity index (χ2n) is 3.13. The van der Waals surface area contributed by atoms with E-state index in [1.54, 1.807) is 0 Å². The number of pyridine rings is 1. The average molecular weight is 238 g/mol. The molecule has 0 aromatic carbocycles. The maximum Gasteiger partial charge on any atom is 0.435 e. The molecule has 0 fully saturated rings. The van der Waals surface area contributed by atoms with Gasteiger partial charge in [-0.05, 0) is 18.2 Å². The predicted molar refractivity (Wildman–Crippen MR) is 51.1 cm³/mol. The highest BCUT2D eigenvalue weighted by molar-refractivity contribution is 5.42. The zero-order chi connectivity index (χ0) is 12.5. The maximum atomic E-state index is 12.3. The van der Waals surface area contributed by atoms with Crippen molar-refractivity contribution in [3.05, 3.63) is 41.9 Å². The first-order valence-electron chi connectivity index (χ1n) is 4.51. The molecule has 7 heteroatoms. The minimum absolute atomic E-state index is 0.0745. The van der Waals surface area contributed by atoms with Crippen LogP contribution in [0.5, 0.6) is 0 Å². The van der Waals surface area contributed by atoms with E-state index in [9.17, 15) is 13.2 Å². The summed E-state index contributed by atoms with van der Waals surface area (Å²) in [5.41, 5.74) is -0.864. The molecule has 2 aromatic rings. The van der Waals surface area contributed by atoms with Crippen LogP contribution in [0.1, 0.15) is 11.3 Å². The average Bonchev–Trinajstić information content (AvgIpc) is 2.77. The van der Waals surface area contributed by atoms with Gasteiger partial charge in [-0.3, -0.25) is 0 Å². The predicted octanol–water partition coefficient (Wildman–Crippen LogP) is 2.16. The number of rotatable bonds is 1. The van der Waals surface area contributed by atoms with Gasteiger partial charge in [0.2, 0.25) is 0 Å². The van der Waals surface area contributed by atoms with Crippen LogP contribution in [-0.4, -0.2) is 14.8 Å². The van der Waals surface area contributed by atoms with E-state index in [1.807, 2.05) is 6.07 Å². The molecule has 0 saturated carbocycles. The minimum atomic E-state index is -4.51. The van der Waals surface area contributed by atoms with E-state index in [1.165, 1.54) is 18.3 Å². The fourth-order valence-electron chi connectivity index (χ4n) is 1.26. The molecule has 0 unspecified atom stereocenters. The molecule has 2 heterocycles. The quantitative estimate of drug-likeness (QED) is 0.764. The first-order chi connectivity index (χ1) is 8.02. The number of nitrogens with zero attached hydrogens (tertiary/aromatic N) is 4. The van der Waals surface area contributed by atoms with Crippen molar-refractivity contribution in [1.29, 1.82) is 5.26 Å². The molecule has 2 aromatic heterocycles. The lowest BCUT2D eigenvalue weighted by Crippen LogP contribution is -2.08. The first kappa shape index (κ1) is 11.1. The topological polar surface area (TPSA) is 54.5 Å². The standard InChI is InChI=1S/C10H5F3N4/c11-10(12,13)8-3-5-17(16-8)9-7(6-14)2-1-4-15-9/h1-5H. The van der Waals surface area contributed by atoms with Crippen LogP contribution in [0.25, 0.3) is 5.82 Å². The molecule has 0 atom stereocenters. The molecular weight excluding hydrogens is 233 g/mol. The van der Waals surface area contributed by atoms with Gasteiger partial charge in [-0.2, -0.15) is 23.5 Å². The van der Waals surface area contributed by atoms with Crippen LogP contribution in [0.2, 0.25) is 0 Å². The van der Waals surface area contributed by atoms with Gasteiger partial charge >= 0.3 is 6.18 Å². The number of halogens is 3. The number of alkyl halides is 3. The van der Waals surface area contributed by atoms with E-state index in [0.29, 0.717) is 0 Å². The molecule has 0 spiro atoms. The normalized spacial score (nSPS) is 11.2. The maximum absolute atomic E-state index is 12.3. The molecule has 0 saturated heterocycles. The molecule has 0 aliphatic carbocycles. The summed E-state index contributed by atoms with van der Waals surface area (Å²) in [4.78, 5) is 3.83. The van der Waals surface area contributed by atoms with Gasteiger partial charge in [-0.15, -0.1) is 0 Å². The van der Waals surface area contributed by atoms with Crippen molar-refractivity contribution >= 4 is 0 Å². The van der Waals surface area contributed by atoms with Crippen molar-refractivity contribution in [1.82, 2.24) is 14.8 Å². The van der Waals surface area contributed by atoms with Crippen molar-refractivity contribution in [3.8, 4) is 11.9 Å². The second-order valence-corrected chi connectivity index (χ2v) is 3.13. The van der Waals surface area contributed by atoms with E-state index in [2.05, 4.69) is 10.1 Å². The van der Waals surface area contributed by atoms with E-state index in [4.69, 9.17) is 5.26 Å². The zero-order valence-corrected chi connectivity index (χ0v) is 8.31. The van der Waals surface area contributed by atoms with E-state index in [0.717, 1.165) is 16.9 Å². The van der Waals surface area contributed by atoms with Gasteiger partial charge in [-0.25, -0.2) is 9.67 Å². The Balaban J connectivity index is 2.49. The summed E-state index contributed by atoms with van der Waals surface area (Å²) < 4.78 is 37.9. The molecule has 17 heavy (non-hydrogen) atoms. The van der Waals surface area contributed by atoms with Crippen LogP contribution in [0.4, 0.5) is 13.2 Å². The number of hydrogen-bond donors (Lipinski definition) is 0. The SMILES string of the molecule is N#Cc1cccnc1-n1ccc(C(F)(F)F)n1. The van der Waals surface area contributed by atoms with Gasteiger partial charge in [0.05, 0.1) is 5.56 Å². The van der Waals surface area contributed by atoms with E-state index < -0.39 is 11.9 Å². The van der Waals surface area contributed by atoms with Gasteiger partial charge < -0.3 is 0 Å². The lowest BCUT2D eigenvalue weighted by molar-refractivity contribution is -0.141. The summed E-state index contributed by atoms with van der Waals surface area (Å²) in [6, 6.07) is 5.65. The number of hydrogen-bond acceptors (Lipinski definition) is 3. The summed E-state index contributed by atoms with van der Waals surface area (Å²) in [7, 11) is 0. The van der Waals surface area contributed by atoms with Gasteiger partial charge in [-0.1, -0.05) is 0 Å². The third-order valence-electron chi connectivity index (χ3n) is 2.00. The smallest absolute Gasteiger partial charge is 0.236 e. The fourth-order valence-corrected chi connectivity index (χ4v) is 1.26. The van der Waals surface area contributed by atoms with Gasteiger partial charge in [0.15, 0.2) is 11.5 Å². The lowest BCUT2D eigenvalue weighted by atomic mass is 10.3. The van der Waals surface area contributed by atoms with Crippen LogP contribution in [0.3, 0.4) is 0 Å². The van der Waals surface area contributed by atoms with Crippen molar-refractivity contribution < 1.29 is 13.2 Å². The van der Waals surface area contributed by atoms with Crippen LogP contribution >= 0.6 is 0 Å². The fraction of sp³-hybridized carbons (Fsp3) is 0.100. The molecule has 4 nitrogen and oxygen atoms in total. The van der Waals surface area contributed by atoms with Gasteiger partial charge in [0.1, 0.15) is 6.07 Å². The van der Waals surface area contributed by atoms with Gasteiger partial charge in [0.25, 0.3) is 0 Å². The van der Waals surface area contributed by atoms with Crippen LogP contribution in [-0.2, 0) is 6.18 Å². The molecule has 2 rings (SSSR count). The van der Waals surface area contributed by atoms with Crippen LogP contribution < -0.4 is 0 Å². The van der Waals surface area contributed by atoms with Crippen molar-refractivity contribution in [3.63, 3.8) is 0 Å².